The number of aromatic amines is 1. The number of amidine groups is 1. The average Bonchev–Trinajstić information content (AvgIpc) is 4.05. The summed E-state index contributed by atoms with van der Waals surface area (Å²) in [4.78, 5) is 80.2. The lowest BCUT2D eigenvalue weighted by atomic mass is 9.59. The SMILES string of the molecule is CSC(C)C(=O)Nc1[nH]c(C=C2N=C(NC(=O)C(C)SC(C)CC(=O)O)C(C(=O)OC3C(C(C)(C)C)CC(C)CC3C(C)(C)C)=C2c2ccccc2)c(-c2ccccc2)c1C(=O)OC1C(C(C)(C)C)CC(C)CC1C(C)(C)C. The fourth-order valence-electron chi connectivity index (χ4n) is 12.1. The summed E-state index contributed by atoms with van der Waals surface area (Å²) in [5.41, 5.74) is 2.24. The minimum Gasteiger partial charge on any atom is -0.481 e. The largest absolute Gasteiger partial charge is 0.481 e. The summed E-state index contributed by atoms with van der Waals surface area (Å²) in [6.45, 7) is 36.3. The Bertz CT molecular complexity index is 2710. The van der Waals surface area contributed by atoms with E-state index in [2.05, 4.69) is 113 Å². The number of allylic oxidation sites excluding steroid dienone is 1. The number of nitrogens with zero attached hydrogens (tertiary/aromatic N) is 1. The van der Waals surface area contributed by atoms with E-state index in [0.29, 0.717) is 39.8 Å². The van der Waals surface area contributed by atoms with Crippen molar-refractivity contribution in [3.05, 3.63) is 88.8 Å². The van der Waals surface area contributed by atoms with Gasteiger partial charge in [-0.2, -0.15) is 11.8 Å². The second kappa shape index (κ2) is 24.7. The molecular formula is C64H90N4O8S2. The number of ether oxygens (including phenoxy) is 2. The number of carboxylic acid groups (broad SMARTS) is 1. The molecule has 14 heteroatoms. The third-order valence-corrected chi connectivity index (χ3v) is 18.6. The highest BCUT2D eigenvalue weighted by Crippen LogP contribution is 2.52. The number of aliphatic carboxylic acids is 1. The number of esters is 2. The molecule has 78 heavy (non-hydrogen) atoms. The molecule has 7 unspecified atom stereocenters. The van der Waals surface area contributed by atoms with E-state index in [4.69, 9.17) is 14.5 Å². The molecule has 2 aromatic carbocycles. The lowest BCUT2D eigenvalue weighted by Crippen LogP contribution is -2.50. The van der Waals surface area contributed by atoms with Crippen LogP contribution in [0.15, 0.2) is 76.9 Å². The number of benzene rings is 2. The normalized spacial score (nSPS) is 24.9. The summed E-state index contributed by atoms with van der Waals surface area (Å²) in [5.74, 6) is -1.90. The number of thioether (sulfide) groups is 2. The maximum Gasteiger partial charge on any atom is 0.342 e. The summed E-state index contributed by atoms with van der Waals surface area (Å²) in [6, 6.07) is 18.9. The van der Waals surface area contributed by atoms with E-state index in [1.807, 2.05) is 66.9 Å². The molecule has 2 heterocycles. The number of hydrogen-bond donors (Lipinski definition) is 4. The lowest BCUT2D eigenvalue weighted by molar-refractivity contribution is -0.164. The number of carboxylic acids is 1. The molecule has 12 nitrogen and oxygen atoms in total. The monoisotopic (exact) mass is 1110 g/mol. The predicted octanol–water partition coefficient (Wildman–Crippen LogP) is 14.6. The molecule has 7 atom stereocenters. The zero-order valence-electron chi connectivity index (χ0n) is 49.8. The number of anilines is 1. The molecule has 3 aliphatic rings. The number of amides is 2. The van der Waals surface area contributed by atoms with Crippen LogP contribution in [0.3, 0.4) is 0 Å². The van der Waals surface area contributed by atoms with Crippen molar-refractivity contribution in [1.29, 1.82) is 0 Å². The van der Waals surface area contributed by atoms with Crippen LogP contribution in [0.1, 0.15) is 171 Å². The fraction of sp³-hybridized carbons (Fsp3) is 0.594. The molecule has 0 radical (unpaired) electrons. The third-order valence-electron chi connectivity index (χ3n) is 16.4. The minimum atomic E-state index is -0.971. The van der Waals surface area contributed by atoms with Crippen LogP contribution in [0, 0.1) is 57.2 Å². The number of hydrogen-bond acceptors (Lipinski definition) is 10. The van der Waals surface area contributed by atoms with Crippen LogP contribution in [0.5, 0.6) is 0 Å². The van der Waals surface area contributed by atoms with Crippen LogP contribution < -0.4 is 10.6 Å². The summed E-state index contributed by atoms with van der Waals surface area (Å²) in [7, 11) is 0. The van der Waals surface area contributed by atoms with Gasteiger partial charge < -0.3 is 30.2 Å². The number of aliphatic imine (C=N–C) groups is 1. The first-order valence-electron chi connectivity index (χ1n) is 28.1. The number of nitrogens with one attached hydrogen (secondary N) is 3. The molecule has 2 aliphatic carbocycles. The van der Waals surface area contributed by atoms with Crippen molar-refractivity contribution in [2.24, 2.45) is 62.2 Å². The van der Waals surface area contributed by atoms with E-state index in [1.165, 1.54) is 23.5 Å². The zero-order valence-corrected chi connectivity index (χ0v) is 51.4. The van der Waals surface area contributed by atoms with Gasteiger partial charge in [-0.05, 0) is 96.5 Å². The van der Waals surface area contributed by atoms with Crippen molar-refractivity contribution in [2.45, 2.75) is 178 Å². The standard InChI is InChI=1S/C64H90N4O8S2/c1-35-29-42(61(6,7)8)53(43(30-35)62(9,10)11)75-59(73)51-49(40-25-21-19-22-26-40)46(65-55(51)67-57(71)38(4)77-18)34-47-50(41-27-23-20-24-28-41)52(56(66-47)68-58(72)39(5)78-37(3)33-48(69)70)60(74)76-54-44(63(12,13)14)31-36(2)32-45(54)64(15,16)17/h19-28,34-39,42-45,53-54,65H,29-33H2,1-18H3,(H,67,71)(H,69,70)(H,66,68,72). The van der Waals surface area contributed by atoms with E-state index in [-0.39, 0.29) is 91.4 Å². The molecule has 0 spiro atoms. The molecule has 1 aromatic heterocycles. The quantitative estimate of drug-likeness (QED) is 0.107. The van der Waals surface area contributed by atoms with Crippen molar-refractivity contribution in [3.8, 4) is 11.1 Å². The van der Waals surface area contributed by atoms with Crippen LogP contribution in [0.2, 0.25) is 0 Å². The second-order valence-electron chi connectivity index (χ2n) is 27.0. The molecular weight excluding hydrogens is 1020 g/mol. The van der Waals surface area contributed by atoms with Gasteiger partial charge in [0.25, 0.3) is 0 Å². The fourth-order valence-corrected chi connectivity index (χ4v) is 13.5. The highest BCUT2D eigenvalue weighted by atomic mass is 32.2. The lowest BCUT2D eigenvalue weighted by Gasteiger charge is -2.50. The van der Waals surface area contributed by atoms with E-state index < -0.39 is 46.5 Å². The molecule has 426 valence electrons. The second-order valence-corrected chi connectivity index (χ2v) is 29.9. The van der Waals surface area contributed by atoms with Crippen LogP contribution in [0.4, 0.5) is 5.82 Å². The van der Waals surface area contributed by atoms with Gasteiger partial charge in [-0.25, -0.2) is 14.6 Å². The smallest absolute Gasteiger partial charge is 0.342 e. The number of aromatic nitrogens is 1. The van der Waals surface area contributed by atoms with Crippen molar-refractivity contribution in [3.63, 3.8) is 0 Å². The Labute approximate surface area is 474 Å². The molecule has 4 N–H and O–H groups in total. The highest BCUT2D eigenvalue weighted by Gasteiger charge is 2.51. The number of H-pyrrole nitrogens is 1. The minimum absolute atomic E-state index is 0.0103. The summed E-state index contributed by atoms with van der Waals surface area (Å²) >= 11 is 2.59. The molecule has 0 saturated heterocycles. The summed E-state index contributed by atoms with van der Waals surface area (Å²) in [6.07, 6.45) is 6.08. The van der Waals surface area contributed by atoms with Crippen LogP contribution >= 0.6 is 23.5 Å². The van der Waals surface area contributed by atoms with Gasteiger partial charge in [-0.3, -0.25) is 14.4 Å². The van der Waals surface area contributed by atoms with E-state index in [1.54, 1.807) is 26.8 Å². The molecule has 1 aliphatic heterocycles. The maximum absolute atomic E-state index is 15.7. The zero-order chi connectivity index (χ0) is 58.0. The van der Waals surface area contributed by atoms with Gasteiger partial charge >= 0.3 is 17.9 Å². The molecule has 3 aromatic rings. The first-order valence-corrected chi connectivity index (χ1v) is 30.3. The first-order chi connectivity index (χ1) is 36.2. The third kappa shape index (κ3) is 14.8. The van der Waals surface area contributed by atoms with Crippen molar-refractivity contribution >= 4 is 76.5 Å². The summed E-state index contributed by atoms with van der Waals surface area (Å²) in [5, 5.41) is 14.1. The van der Waals surface area contributed by atoms with Crippen molar-refractivity contribution in [2.75, 3.05) is 11.6 Å². The van der Waals surface area contributed by atoms with Crippen LogP contribution in [0.25, 0.3) is 22.8 Å². The molecule has 2 amide bonds. The Hall–Kier alpha value is -5.08. The number of carbonyl (C=O) groups is 5. The Kier molecular flexibility index (Phi) is 19.7. The molecule has 0 bridgehead atoms. The highest BCUT2D eigenvalue weighted by molar-refractivity contribution is 8.01. The van der Waals surface area contributed by atoms with Gasteiger partial charge in [0.2, 0.25) is 11.8 Å². The molecule has 2 saturated carbocycles. The molecule has 2 fully saturated rings. The van der Waals surface area contributed by atoms with E-state index in [0.717, 1.165) is 25.7 Å². The van der Waals surface area contributed by atoms with Crippen LogP contribution in [-0.2, 0) is 28.7 Å². The van der Waals surface area contributed by atoms with Gasteiger partial charge in [0.15, 0.2) is 0 Å². The Morgan fingerprint density at radius 1 is 0.667 bits per heavy atom. The topological polar surface area (TPSA) is 176 Å². The average molecular weight is 1110 g/mol. The molecule has 6 rings (SSSR count). The Balaban J connectivity index is 1.64. The van der Waals surface area contributed by atoms with Crippen molar-refractivity contribution in [1.82, 2.24) is 10.3 Å². The maximum atomic E-state index is 15.7. The Morgan fingerprint density at radius 2 is 1.10 bits per heavy atom. The number of rotatable bonds is 15. The van der Waals surface area contributed by atoms with Gasteiger partial charge in [-0.15, -0.1) is 11.8 Å². The Morgan fingerprint density at radius 3 is 1.54 bits per heavy atom. The predicted molar refractivity (Wildman–Crippen MR) is 321 cm³/mol. The van der Waals surface area contributed by atoms with E-state index >= 15 is 9.59 Å². The van der Waals surface area contributed by atoms with Gasteiger partial charge in [0, 0.05) is 40.1 Å². The van der Waals surface area contributed by atoms with Gasteiger partial charge in [-0.1, -0.05) is 165 Å². The van der Waals surface area contributed by atoms with Gasteiger partial charge in [0.1, 0.15) is 35.0 Å². The van der Waals surface area contributed by atoms with E-state index in [9.17, 15) is 19.5 Å². The van der Waals surface area contributed by atoms with Crippen molar-refractivity contribution < 1.29 is 38.6 Å². The van der Waals surface area contributed by atoms with Crippen LogP contribution in [-0.4, -0.2) is 79.9 Å². The number of carbonyl (C=O) groups excluding carboxylic acids is 4. The first kappa shape index (κ1) is 62.1. The summed E-state index contributed by atoms with van der Waals surface area (Å²) < 4.78 is 13.9. The van der Waals surface area contributed by atoms with Gasteiger partial charge in [0.05, 0.1) is 28.3 Å².